The van der Waals surface area contributed by atoms with Gasteiger partial charge in [-0.2, -0.15) is 0 Å². The van der Waals surface area contributed by atoms with Crippen molar-refractivity contribution in [3.05, 3.63) is 75.3 Å². The van der Waals surface area contributed by atoms with Crippen LogP contribution in [-0.4, -0.2) is 32.5 Å². The summed E-state index contributed by atoms with van der Waals surface area (Å²) >= 11 is 12.7. The van der Waals surface area contributed by atoms with Crippen LogP contribution in [0.5, 0.6) is 0 Å². The second-order valence-corrected chi connectivity index (χ2v) is 7.38. The molecule has 0 atom stereocenters. The van der Waals surface area contributed by atoms with Crippen molar-refractivity contribution < 1.29 is 9.53 Å². The number of aliphatic imine (C=N–C) groups is 1. The number of ether oxygens (including phenoxy) is 1. The molecule has 0 fully saturated rings. The fraction of sp³-hybridized carbons (Fsp3) is 0.200. The zero-order chi connectivity index (χ0) is 19.8. The van der Waals surface area contributed by atoms with Gasteiger partial charge in [-0.1, -0.05) is 41.4 Å². The Bertz CT molecular complexity index is 1110. The molecule has 0 saturated carbocycles. The fourth-order valence-corrected chi connectivity index (χ4v) is 3.48. The zero-order valence-electron chi connectivity index (χ0n) is 15.2. The van der Waals surface area contributed by atoms with E-state index in [9.17, 15) is 4.79 Å². The lowest BCUT2D eigenvalue weighted by atomic mass is 10.0. The molecule has 0 bridgehead atoms. The van der Waals surface area contributed by atoms with E-state index in [0.717, 1.165) is 11.1 Å². The van der Waals surface area contributed by atoms with Gasteiger partial charge in [0.1, 0.15) is 6.54 Å². The topological polar surface area (TPSA) is 69.4 Å². The van der Waals surface area contributed by atoms with Gasteiger partial charge < -0.3 is 4.74 Å². The highest BCUT2D eigenvalue weighted by molar-refractivity contribution is 6.36. The zero-order valence-corrected chi connectivity index (χ0v) is 16.7. The molecule has 3 aromatic rings. The summed E-state index contributed by atoms with van der Waals surface area (Å²) in [7, 11) is 0. The van der Waals surface area contributed by atoms with E-state index in [0.29, 0.717) is 27.3 Å². The standard InChI is InChI=1S/C20H16Cl2N4O2/c1-11(2)28-20(27)19-25-24-17-10-23-18(13-5-3-4-6-15(13)22)14-9-12(21)7-8-16(14)26(17)19/h3-9,11H,10H2,1-2H3. The van der Waals surface area contributed by atoms with E-state index >= 15 is 0 Å². The predicted octanol–water partition coefficient (Wildman–Crippen LogP) is 4.49. The molecule has 0 radical (unpaired) electrons. The number of benzene rings is 2. The van der Waals surface area contributed by atoms with Gasteiger partial charge in [-0.3, -0.25) is 9.56 Å². The maximum atomic E-state index is 12.6. The minimum absolute atomic E-state index is 0.0999. The number of aromatic nitrogens is 3. The van der Waals surface area contributed by atoms with Crippen LogP contribution in [0.2, 0.25) is 10.0 Å². The molecule has 1 aliphatic heterocycles. The van der Waals surface area contributed by atoms with Crippen molar-refractivity contribution in [3.63, 3.8) is 0 Å². The van der Waals surface area contributed by atoms with Gasteiger partial charge in [-0.15, -0.1) is 10.2 Å². The first-order chi connectivity index (χ1) is 13.5. The molecule has 0 unspecified atom stereocenters. The highest BCUT2D eigenvalue weighted by Crippen LogP contribution is 2.30. The van der Waals surface area contributed by atoms with Gasteiger partial charge in [0.2, 0.25) is 5.82 Å². The lowest BCUT2D eigenvalue weighted by Crippen LogP contribution is -2.18. The summed E-state index contributed by atoms with van der Waals surface area (Å²) in [6.45, 7) is 3.79. The molecule has 1 aliphatic rings. The maximum Gasteiger partial charge on any atom is 0.377 e. The minimum atomic E-state index is -0.546. The third kappa shape index (κ3) is 3.30. The van der Waals surface area contributed by atoms with Crippen LogP contribution in [-0.2, 0) is 11.3 Å². The van der Waals surface area contributed by atoms with E-state index in [-0.39, 0.29) is 18.5 Å². The molecule has 0 amide bonds. The smallest absolute Gasteiger partial charge is 0.377 e. The van der Waals surface area contributed by atoms with Gasteiger partial charge in [-0.25, -0.2) is 4.79 Å². The summed E-state index contributed by atoms with van der Waals surface area (Å²) in [5, 5.41) is 9.31. The highest BCUT2D eigenvalue weighted by Gasteiger charge is 2.27. The first kappa shape index (κ1) is 18.7. The molecule has 0 aliphatic carbocycles. The summed E-state index contributed by atoms with van der Waals surface area (Å²) in [5.41, 5.74) is 2.88. The Morgan fingerprint density at radius 1 is 1.11 bits per heavy atom. The third-order valence-corrected chi connectivity index (χ3v) is 4.78. The number of carbonyl (C=O) groups excluding carboxylic acids is 1. The van der Waals surface area contributed by atoms with Crippen molar-refractivity contribution in [3.8, 4) is 5.69 Å². The number of carbonyl (C=O) groups is 1. The van der Waals surface area contributed by atoms with E-state index in [1.54, 1.807) is 36.6 Å². The van der Waals surface area contributed by atoms with Crippen LogP contribution in [0.15, 0.2) is 47.5 Å². The van der Waals surface area contributed by atoms with E-state index in [1.165, 1.54) is 0 Å². The van der Waals surface area contributed by atoms with Gasteiger partial charge in [-0.05, 0) is 38.1 Å². The monoisotopic (exact) mass is 414 g/mol. The van der Waals surface area contributed by atoms with E-state index < -0.39 is 5.97 Å². The summed E-state index contributed by atoms with van der Waals surface area (Å²) in [6.07, 6.45) is -0.272. The quantitative estimate of drug-likeness (QED) is 0.591. The van der Waals surface area contributed by atoms with Crippen LogP contribution in [0.3, 0.4) is 0 Å². The Morgan fingerprint density at radius 3 is 2.64 bits per heavy atom. The van der Waals surface area contributed by atoms with Crippen LogP contribution in [0.25, 0.3) is 5.69 Å². The van der Waals surface area contributed by atoms with E-state index in [2.05, 4.69) is 10.2 Å². The Kier molecular flexibility index (Phi) is 4.91. The third-order valence-electron chi connectivity index (χ3n) is 4.22. The van der Waals surface area contributed by atoms with Gasteiger partial charge in [0, 0.05) is 21.2 Å². The van der Waals surface area contributed by atoms with Crippen molar-refractivity contribution >= 4 is 34.9 Å². The van der Waals surface area contributed by atoms with E-state index in [1.807, 2.05) is 24.3 Å². The Morgan fingerprint density at radius 2 is 1.89 bits per heavy atom. The number of hydrogen-bond donors (Lipinski definition) is 0. The molecule has 142 valence electrons. The summed E-state index contributed by atoms with van der Waals surface area (Å²) in [6, 6.07) is 12.8. The average molecular weight is 415 g/mol. The molecule has 0 N–H and O–H groups in total. The van der Waals surface area contributed by atoms with Crippen LogP contribution in [0.1, 0.15) is 41.4 Å². The number of fused-ring (bicyclic) bond motifs is 3. The molecule has 28 heavy (non-hydrogen) atoms. The average Bonchev–Trinajstić information content (AvgIpc) is 3.00. The van der Waals surface area contributed by atoms with Crippen molar-refractivity contribution in [1.29, 1.82) is 0 Å². The molecular weight excluding hydrogens is 399 g/mol. The first-order valence-electron chi connectivity index (χ1n) is 8.70. The Labute approximate surface area is 171 Å². The molecule has 4 rings (SSSR count). The molecule has 2 heterocycles. The second kappa shape index (κ2) is 7.37. The van der Waals surface area contributed by atoms with Crippen LogP contribution >= 0.6 is 23.2 Å². The lowest BCUT2D eigenvalue weighted by Gasteiger charge is -2.14. The Balaban J connectivity index is 1.93. The molecule has 1 aromatic heterocycles. The normalized spacial score (nSPS) is 12.8. The maximum absolute atomic E-state index is 12.6. The van der Waals surface area contributed by atoms with Crippen molar-refractivity contribution in [2.45, 2.75) is 26.5 Å². The van der Waals surface area contributed by atoms with Gasteiger partial charge >= 0.3 is 5.97 Å². The fourth-order valence-electron chi connectivity index (χ4n) is 3.08. The number of rotatable bonds is 3. The van der Waals surface area contributed by atoms with Gasteiger partial charge in [0.05, 0.1) is 17.5 Å². The number of hydrogen-bond acceptors (Lipinski definition) is 5. The predicted molar refractivity (Wildman–Crippen MR) is 108 cm³/mol. The van der Waals surface area contributed by atoms with Gasteiger partial charge in [0.25, 0.3) is 0 Å². The lowest BCUT2D eigenvalue weighted by molar-refractivity contribution is 0.0360. The first-order valence-corrected chi connectivity index (χ1v) is 9.46. The Hall–Kier alpha value is -2.70. The minimum Gasteiger partial charge on any atom is -0.457 e. The van der Waals surface area contributed by atoms with Crippen LogP contribution in [0, 0.1) is 0 Å². The van der Waals surface area contributed by atoms with E-state index in [4.69, 9.17) is 32.9 Å². The number of halogens is 2. The summed E-state index contributed by atoms with van der Waals surface area (Å²) in [4.78, 5) is 17.3. The van der Waals surface area contributed by atoms with Crippen molar-refractivity contribution in [2.24, 2.45) is 4.99 Å². The number of nitrogens with zero attached hydrogens (tertiary/aromatic N) is 4. The largest absolute Gasteiger partial charge is 0.457 e. The second-order valence-electron chi connectivity index (χ2n) is 6.54. The summed E-state index contributed by atoms with van der Waals surface area (Å²) in [5.74, 6) is 0.0834. The molecule has 2 aromatic carbocycles. The molecular formula is C20H16Cl2N4O2. The summed E-state index contributed by atoms with van der Waals surface area (Å²) < 4.78 is 6.99. The molecule has 0 saturated heterocycles. The number of esters is 1. The van der Waals surface area contributed by atoms with Crippen molar-refractivity contribution in [1.82, 2.24) is 14.8 Å². The SMILES string of the molecule is CC(C)OC(=O)c1nnc2n1-c1ccc(Cl)cc1C(c1ccccc1Cl)=NC2. The highest BCUT2D eigenvalue weighted by atomic mass is 35.5. The van der Waals surface area contributed by atoms with Gasteiger partial charge in [0.15, 0.2) is 5.82 Å². The van der Waals surface area contributed by atoms with Crippen molar-refractivity contribution in [2.75, 3.05) is 0 Å². The molecule has 6 nitrogen and oxygen atoms in total. The molecule has 8 heteroatoms. The molecule has 0 spiro atoms. The van der Waals surface area contributed by atoms with Crippen LogP contribution in [0.4, 0.5) is 0 Å². The van der Waals surface area contributed by atoms with Crippen LogP contribution < -0.4 is 0 Å².